The van der Waals surface area contributed by atoms with Gasteiger partial charge in [-0.05, 0) is 25.5 Å². The molecule has 0 heterocycles. The third kappa shape index (κ3) is 1.61. The summed E-state index contributed by atoms with van der Waals surface area (Å²) < 4.78 is 25.7. The average molecular weight is 171 g/mol. The van der Waals surface area contributed by atoms with Gasteiger partial charge in [0.25, 0.3) is 0 Å². The lowest BCUT2D eigenvalue weighted by Crippen LogP contribution is -2.08. The molecule has 0 saturated heterocycles. The molecule has 2 N–H and O–H groups in total. The van der Waals surface area contributed by atoms with Crippen molar-refractivity contribution < 1.29 is 8.78 Å². The third-order valence-electron chi connectivity index (χ3n) is 1.77. The van der Waals surface area contributed by atoms with Gasteiger partial charge in [-0.3, -0.25) is 0 Å². The van der Waals surface area contributed by atoms with Crippen molar-refractivity contribution in [2.75, 3.05) is 0 Å². The van der Waals surface area contributed by atoms with Crippen LogP contribution in [-0.4, -0.2) is 0 Å². The van der Waals surface area contributed by atoms with E-state index >= 15 is 0 Å². The molecule has 0 aliphatic rings. The van der Waals surface area contributed by atoms with Crippen LogP contribution >= 0.6 is 0 Å². The lowest BCUT2D eigenvalue weighted by Gasteiger charge is -2.08. The summed E-state index contributed by atoms with van der Waals surface area (Å²) in [6.07, 6.45) is 0. The van der Waals surface area contributed by atoms with Crippen LogP contribution in [0.1, 0.15) is 24.1 Å². The molecule has 0 amide bonds. The second-order valence-electron chi connectivity index (χ2n) is 2.91. The van der Waals surface area contributed by atoms with Gasteiger partial charge in [-0.2, -0.15) is 0 Å². The van der Waals surface area contributed by atoms with Crippen LogP contribution in [0, 0.1) is 18.6 Å². The van der Waals surface area contributed by atoms with Crippen molar-refractivity contribution in [3.8, 4) is 0 Å². The minimum atomic E-state index is -0.576. The van der Waals surface area contributed by atoms with Gasteiger partial charge in [0.15, 0.2) is 0 Å². The lowest BCUT2D eigenvalue weighted by molar-refractivity contribution is 0.557. The summed E-state index contributed by atoms with van der Waals surface area (Å²) in [6.45, 7) is 3.25. The second kappa shape index (κ2) is 3.19. The Morgan fingerprint density at radius 1 is 1.25 bits per heavy atom. The van der Waals surface area contributed by atoms with Gasteiger partial charge in [0.1, 0.15) is 11.6 Å². The molecule has 1 nitrogen and oxygen atoms in total. The highest BCUT2D eigenvalue weighted by Crippen LogP contribution is 2.18. The summed E-state index contributed by atoms with van der Waals surface area (Å²) >= 11 is 0. The zero-order valence-corrected chi connectivity index (χ0v) is 7.07. The first kappa shape index (κ1) is 9.13. The van der Waals surface area contributed by atoms with Crippen LogP contribution in [0.15, 0.2) is 12.1 Å². The minimum absolute atomic E-state index is 0.355. The molecule has 0 radical (unpaired) electrons. The van der Waals surface area contributed by atoms with Gasteiger partial charge >= 0.3 is 0 Å². The van der Waals surface area contributed by atoms with Crippen molar-refractivity contribution in [1.82, 2.24) is 0 Å². The third-order valence-corrected chi connectivity index (χ3v) is 1.77. The summed E-state index contributed by atoms with van der Waals surface area (Å²) in [7, 11) is 0. The molecular weight excluding hydrogens is 160 g/mol. The molecule has 1 rings (SSSR count). The van der Waals surface area contributed by atoms with Gasteiger partial charge in [0.05, 0.1) is 0 Å². The summed E-state index contributed by atoms with van der Waals surface area (Å²) in [5.74, 6) is -1.11. The summed E-state index contributed by atoms with van der Waals surface area (Å²) in [6, 6.07) is 1.91. The van der Waals surface area contributed by atoms with E-state index in [0.717, 1.165) is 6.07 Å². The maximum Gasteiger partial charge on any atom is 0.130 e. The van der Waals surface area contributed by atoms with Crippen molar-refractivity contribution in [2.24, 2.45) is 5.73 Å². The minimum Gasteiger partial charge on any atom is -0.324 e. The first-order valence-electron chi connectivity index (χ1n) is 3.73. The fourth-order valence-corrected chi connectivity index (χ4v) is 1.03. The molecule has 12 heavy (non-hydrogen) atoms. The van der Waals surface area contributed by atoms with Crippen LogP contribution in [-0.2, 0) is 0 Å². The fourth-order valence-electron chi connectivity index (χ4n) is 1.03. The zero-order valence-electron chi connectivity index (χ0n) is 7.07. The topological polar surface area (TPSA) is 26.0 Å². The number of aryl methyl sites for hydroxylation is 1. The first-order valence-corrected chi connectivity index (χ1v) is 3.73. The molecule has 1 atom stereocenters. The molecule has 1 aromatic carbocycles. The Bertz CT molecular complexity index is 295. The maximum absolute atomic E-state index is 13.0. The van der Waals surface area contributed by atoms with E-state index in [1.807, 2.05) is 0 Å². The Kier molecular flexibility index (Phi) is 2.43. The number of hydrogen-bond donors (Lipinski definition) is 1. The Labute approximate surface area is 70.2 Å². The molecule has 0 bridgehead atoms. The normalized spacial score (nSPS) is 13.1. The van der Waals surface area contributed by atoms with Gasteiger partial charge in [-0.25, -0.2) is 8.78 Å². The number of halogens is 2. The quantitative estimate of drug-likeness (QED) is 0.689. The molecule has 0 fully saturated rings. The first-order chi connectivity index (χ1) is 5.52. The van der Waals surface area contributed by atoms with Gasteiger partial charge in [-0.1, -0.05) is 0 Å². The van der Waals surface area contributed by atoms with E-state index < -0.39 is 17.7 Å². The summed E-state index contributed by atoms with van der Waals surface area (Å²) in [5.41, 5.74) is 6.25. The van der Waals surface area contributed by atoms with Crippen LogP contribution in [0.2, 0.25) is 0 Å². The van der Waals surface area contributed by atoms with Gasteiger partial charge in [0.2, 0.25) is 0 Å². The van der Waals surface area contributed by atoms with Crippen molar-refractivity contribution in [2.45, 2.75) is 19.9 Å². The van der Waals surface area contributed by atoms with Gasteiger partial charge in [0, 0.05) is 17.7 Å². The fraction of sp³-hybridized carbons (Fsp3) is 0.333. The van der Waals surface area contributed by atoms with Gasteiger partial charge in [-0.15, -0.1) is 0 Å². The highest BCUT2D eigenvalue weighted by Gasteiger charge is 2.09. The van der Waals surface area contributed by atoms with Crippen molar-refractivity contribution in [3.05, 3.63) is 34.9 Å². The predicted molar refractivity (Wildman–Crippen MR) is 43.7 cm³/mol. The van der Waals surface area contributed by atoms with E-state index in [0.29, 0.717) is 11.1 Å². The molecule has 0 aliphatic heterocycles. The van der Waals surface area contributed by atoms with Crippen molar-refractivity contribution in [1.29, 1.82) is 0 Å². The predicted octanol–water partition coefficient (Wildman–Crippen LogP) is 2.29. The van der Waals surface area contributed by atoms with Crippen LogP contribution in [0.25, 0.3) is 0 Å². The standard InChI is InChI=1S/C9H11F2N/c1-5-3-7(6(2)12)9(11)4-8(5)10/h3-4,6H,12H2,1-2H3. The molecule has 3 heteroatoms. The van der Waals surface area contributed by atoms with E-state index in [4.69, 9.17) is 5.73 Å². The maximum atomic E-state index is 13.0. The largest absolute Gasteiger partial charge is 0.324 e. The molecular formula is C9H11F2N. The van der Waals surface area contributed by atoms with Crippen LogP contribution < -0.4 is 5.73 Å². The number of nitrogens with two attached hydrogens (primary N) is 1. The van der Waals surface area contributed by atoms with Crippen LogP contribution in [0.4, 0.5) is 8.78 Å². The molecule has 66 valence electrons. The molecule has 0 aromatic heterocycles. The van der Waals surface area contributed by atoms with Crippen LogP contribution in [0.3, 0.4) is 0 Å². The number of benzene rings is 1. The van der Waals surface area contributed by atoms with Crippen molar-refractivity contribution >= 4 is 0 Å². The average Bonchev–Trinajstić information content (AvgIpc) is 1.96. The second-order valence-corrected chi connectivity index (χ2v) is 2.91. The van der Waals surface area contributed by atoms with E-state index in [1.54, 1.807) is 13.8 Å². The number of hydrogen-bond acceptors (Lipinski definition) is 1. The molecule has 1 unspecified atom stereocenters. The van der Waals surface area contributed by atoms with E-state index in [-0.39, 0.29) is 0 Å². The highest BCUT2D eigenvalue weighted by atomic mass is 19.1. The lowest BCUT2D eigenvalue weighted by atomic mass is 10.1. The SMILES string of the molecule is Cc1cc(C(C)N)c(F)cc1F. The monoisotopic (exact) mass is 171 g/mol. The van der Waals surface area contributed by atoms with E-state index in [9.17, 15) is 8.78 Å². The molecule has 0 aliphatic carbocycles. The smallest absolute Gasteiger partial charge is 0.130 e. The summed E-state index contributed by atoms with van der Waals surface area (Å²) in [5, 5.41) is 0. The molecule has 0 saturated carbocycles. The molecule has 1 aromatic rings. The number of rotatable bonds is 1. The molecule has 0 spiro atoms. The van der Waals surface area contributed by atoms with Gasteiger partial charge < -0.3 is 5.73 Å². The Hall–Kier alpha value is -0.960. The van der Waals surface area contributed by atoms with E-state index in [1.165, 1.54) is 6.07 Å². The zero-order chi connectivity index (χ0) is 9.30. The Morgan fingerprint density at radius 3 is 2.33 bits per heavy atom. The van der Waals surface area contributed by atoms with E-state index in [2.05, 4.69) is 0 Å². The Morgan fingerprint density at radius 2 is 1.83 bits per heavy atom. The highest BCUT2D eigenvalue weighted by molar-refractivity contribution is 5.27. The van der Waals surface area contributed by atoms with Crippen molar-refractivity contribution in [3.63, 3.8) is 0 Å². The Balaban J connectivity index is 3.23. The van der Waals surface area contributed by atoms with Crippen LogP contribution in [0.5, 0.6) is 0 Å². The summed E-state index contributed by atoms with van der Waals surface area (Å²) in [4.78, 5) is 0.